The Balaban J connectivity index is 1.67. The highest BCUT2D eigenvalue weighted by atomic mass is 15.1. The molecule has 0 aliphatic heterocycles. The lowest BCUT2D eigenvalue weighted by atomic mass is 10.1. The van der Waals surface area contributed by atoms with E-state index in [9.17, 15) is 5.26 Å². The Morgan fingerprint density at radius 3 is 2.69 bits per heavy atom. The number of nitrogens with one attached hydrogen (secondary N) is 1. The predicted molar refractivity (Wildman–Crippen MR) is 114 cm³/mol. The van der Waals surface area contributed by atoms with E-state index >= 15 is 0 Å². The van der Waals surface area contributed by atoms with Crippen molar-refractivity contribution in [2.45, 2.75) is 13.0 Å². The Kier molecular flexibility index (Phi) is 4.14. The molecule has 0 saturated heterocycles. The molecule has 0 saturated carbocycles. The average molecular weight is 381 g/mol. The molecule has 0 fully saturated rings. The van der Waals surface area contributed by atoms with Crippen molar-refractivity contribution >= 4 is 33.3 Å². The molecule has 3 aromatic heterocycles. The molecule has 0 aliphatic carbocycles. The first-order chi connectivity index (χ1) is 14.3. The van der Waals surface area contributed by atoms with Crippen LogP contribution in [0.3, 0.4) is 0 Å². The number of pyridine rings is 1. The monoisotopic (exact) mass is 381 g/mol. The van der Waals surface area contributed by atoms with Gasteiger partial charge >= 0.3 is 5.65 Å². The molecule has 142 valence electrons. The van der Waals surface area contributed by atoms with E-state index in [-0.39, 0.29) is 0 Å². The first-order valence-corrected chi connectivity index (χ1v) is 9.73. The van der Waals surface area contributed by atoms with E-state index in [0.29, 0.717) is 5.56 Å². The number of anilines is 1. The molecule has 2 aromatic carbocycles. The Labute approximate surface area is 168 Å². The maximum Gasteiger partial charge on any atom is 0.307 e. The Morgan fingerprint density at radius 2 is 1.90 bits per heavy atom. The molecule has 6 heteroatoms. The van der Waals surface area contributed by atoms with Gasteiger partial charge in [-0.2, -0.15) is 9.66 Å². The number of imidazole rings is 2. The minimum atomic E-state index is 0.671. The second-order valence-corrected chi connectivity index (χ2v) is 7.17. The number of para-hydroxylation sites is 3. The summed E-state index contributed by atoms with van der Waals surface area (Å²) in [6.07, 6.45) is 6.53. The van der Waals surface area contributed by atoms with Crippen molar-refractivity contribution in [3.63, 3.8) is 0 Å². The smallest absolute Gasteiger partial charge is 0.307 e. The average Bonchev–Trinajstić information content (AvgIpc) is 3.38. The van der Waals surface area contributed by atoms with Crippen LogP contribution in [0.25, 0.3) is 27.6 Å². The predicted octanol–water partition coefficient (Wildman–Crippen LogP) is 3.64. The fourth-order valence-corrected chi connectivity index (χ4v) is 4.15. The van der Waals surface area contributed by atoms with Crippen LogP contribution >= 0.6 is 0 Å². The number of rotatable bonds is 5. The van der Waals surface area contributed by atoms with E-state index in [0.717, 1.165) is 52.8 Å². The molecule has 6 nitrogen and oxygen atoms in total. The number of aryl methyl sites for hydroxylation is 2. The number of nitriles is 1. The van der Waals surface area contributed by atoms with Gasteiger partial charge in [0.05, 0.1) is 19.1 Å². The van der Waals surface area contributed by atoms with Crippen LogP contribution in [-0.2, 0) is 13.6 Å². The van der Waals surface area contributed by atoms with Gasteiger partial charge in [-0.25, -0.2) is 9.55 Å². The lowest BCUT2D eigenvalue weighted by Crippen LogP contribution is -2.28. The maximum absolute atomic E-state index is 10.1. The zero-order valence-electron chi connectivity index (χ0n) is 16.2. The highest BCUT2D eigenvalue weighted by Crippen LogP contribution is 2.32. The number of hydrogen-bond donors (Lipinski definition) is 1. The lowest BCUT2D eigenvalue weighted by molar-refractivity contribution is -0.618. The minimum Gasteiger partial charge on any atom is -0.383 e. The fraction of sp³-hybridized carbons (Fsp3) is 0.174. The second kappa shape index (κ2) is 6.95. The third kappa shape index (κ3) is 2.71. The summed E-state index contributed by atoms with van der Waals surface area (Å²) >= 11 is 0. The highest BCUT2D eigenvalue weighted by molar-refractivity contribution is 6.00. The fourth-order valence-electron chi connectivity index (χ4n) is 4.15. The summed E-state index contributed by atoms with van der Waals surface area (Å²) in [6, 6.07) is 19.0. The zero-order valence-corrected chi connectivity index (χ0v) is 16.2. The van der Waals surface area contributed by atoms with Crippen molar-refractivity contribution in [2.75, 3.05) is 11.9 Å². The van der Waals surface area contributed by atoms with Crippen molar-refractivity contribution in [2.24, 2.45) is 7.05 Å². The van der Waals surface area contributed by atoms with Gasteiger partial charge in [0.15, 0.2) is 16.6 Å². The van der Waals surface area contributed by atoms with Crippen LogP contribution in [0.5, 0.6) is 0 Å². The van der Waals surface area contributed by atoms with Crippen molar-refractivity contribution < 1.29 is 4.57 Å². The number of fused-ring (bicyclic) bond motifs is 5. The minimum absolute atomic E-state index is 0.671. The van der Waals surface area contributed by atoms with Crippen molar-refractivity contribution in [1.29, 1.82) is 5.26 Å². The van der Waals surface area contributed by atoms with E-state index in [4.69, 9.17) is 0 Å². The Bertz CT molecular complexity index is 1370. The van der Waals surface area contributed by atoms with Crippen LogP contribution in [0.2, 0.25) is 0 Å². The van der Waals surface area contributed by atoms with E-state index in [1.54, 1.807) is 6.20 Å². The molecule has 0 spiro atoms. The summed E-state index contributed by atoms with van der Waals surface area (Å²) in [6.45, 7) is 1.66. The molecule has 29 heavy (non-hydrogen) atoms. The summed E-state index contributed by atoms with van der Waals surface area (Å²) in [7, 11) is 2.02. The van der Waals surface area contributed by atoms with Crippen LogP contribution in [-0.4, -0.2) is 20.5 Å². The number of nitrogens with zero attached hydrogens (tertiary/aromatic N) is 5. The molecule has 5 rings (SSSR count). The number of aromatic nitrogens is 4. The Hall–Kier alpha value is -3.85. The van der Waals surface area contributed by atoms with Gasteiger partial charge in [-0.1, -0.05) is 24.3 Å². The summed E-state index contributed by atoms with van der Waals surface area (Å²) in [5.74, 6) is 0. The first-order valence-electron chi connectivity index (χ1n) is 9.73. The molecule has 0 amide bonds. The van der Waals surface area contributed by atoms with Crippen LogP contribution in [0.1, 0.15) is 12.0 Å². The van der Waals surface area contributed by atoms with E-state index in [1.165, 1.54) is 0 Å². The molecule has 0 unspecified atom stereocenters. The van der Waals surface area contributed by atoms with Gasteiger partial charge in [-0.05, 0) is 30.7 Å². The third-order valence-corrected chi connectivity index (χ3v) is 5.47. The lowest BCUT2D eigenvalue weighted by Gasteiger charge is -2.12. The van der Waals surface area contributed by atoms with Crippen LogP contribution in [0.4, 0.5) is 5.69 Å². The molecular weight excluding hydrogens is 360 g/mol. The summed E-state index contributed by atoms with van der Waals surface area (Å²) in [4.78, 5) is 4.09. The molecule has 0 radical (unpaired) electrons. The summed E-state index contributed by atoms with van der Waals surface area (Å²) in [5, 5.41) is 14.7. The number of hydrogen-bond acceptors (Lipinski definition) is 3. The van der Waals surface area contributed by atoms with Crippen molar-refractivity contribution in [1.82, 2.24) is 14.0 Å². The van der Waals surface area contributed by atoms with Crippen molar-refractivity contribution in [3.05, 3.63) is 72.8 Å². The largest absolute Gasteiger partial charge is 0.383 e. The van der Waals surface area contributed by atoms with Crippen LogP contribution in [0, 0.1) is 11.3 Å². The van der Waals surface area contributed by atoms with Gasteiger partial charge in [-0.15, -0.1) is 0 Å². The van der Waals surface area contributed by atoms with Gasteiger partial charge in [0, 0.05) is 30.9 Å². The normalized spacial score (nSPS) is 11.3. The number of benzene rings is 2. The topological polar surface area (TPSA) is 61.9 Å². The highest BCUT2D eigenvalue weighted by Gasteiger charge is 2.26. The molecule has 0 atom stereocenters. The third-order valence-electron chi connectivity index (χ3n) is 5.47. The Morgan fingerprint density at radius 1 is 1.10 bits per heavy atom. The summed E-state index contributed by atoms with van der Waals surface area (Å²) < 4.78 is 6.37. The molecule has 0 bridgehead atoms. The standard InChI is InChI=1S/C23H20N6/c1-27-20-9-4-5-10-21(20)29-19-8-3-2-7-17(19)22(18(15-24)23(27)29)26-11-6-13-28-14-12-25-16-28/h2-5,7-10,12,14,16H,6,11,13H2,1H3/p+1. The van der Waals surface area contributed by atoms with E-state index in [2.05, 4.69) is 54.2 Å². The zero-order chi connectivity index (χ0) is 19.8. The van der Waals surface area contributed by atoms with Gasteiger partial charge < -0.3 is 9.88 Å². The van der Waals surface area contributed by atoms with E-state index in [1.807, 2.05) is 43.8 Å². The van der Waals surface area contributed by atoms with Crippen LogP contribution < -0.4 is 9.88 Å². The quantitative estimate of drug-likeness (QED) is 0.373. The molecule has 0 aliphatic rings. The van der Waals surface area contributed by atoms with Crippen molar-refractivity contribution in [3.8, 4) is 6.07 Å². The first kappa shape index (κ1) is 17.3. The van der Waals surface area contributed by atoms with E-state index < -0.39 is 0 Å². The van der Waals surface area contributed by atoms with Crippen LogP contribution in [0.15, 0.2) is 67.3 Å². The maximum atomic E-state index is 10.1. The van der Waals surface area contributed by atoms with Gasteiger partial charge in [0.25, 0.3) is 0 Å². The van der Waals surface area contributed by atoms with Gasteiger partial charge in [-0.3, -0.25) is 0 Å². The van der Waals surface area contributed by atoms with Gasteiger partial charge in [0.2, 0.25) is 0 Å². The molecule has 1 N–H and O–H groups in total. The summed E-state index contributed by atoms with van der Waals surface area (Å²) in [5.41, 5.74) is 5.78. The van der Waals surface area contributed by atoms with Gasteiger partial charge in [0.1, 0.15) is 11.6 Å². The second-order valence-electron chi connectivity index (χ2n) is 7.17. The molecule has 5 aromatic rings. The molecular formula is C23H21N6+. The molecule has 3 heterocycles. The SMILES string of the molecule is C[n+]1c2ccccc2n2c3ccccc3c(NCCCn3ccnc3)c(C#N)c21.